The van der Waals surface area contributed by atoms with E-state index in [0.717, 1.165) is 6.07 Å². The third-order valence-electron chi connectivity index (χ3n) is 2.72. The second-order valence-electron chi connectivity index (χ2n) is 4.17. The van der Waals surface area contributed by atoms with Crippen LogP contribution in [0.3, 0.4) is 0 Å². The minimum Gasteiger partial charge on any atom is -0.478 e. The average Bonchev–Trinajstić information content (AvgIpc) is 2.77. The number of carboxylic acid groups (broad SMARTS) is 1. The summed E-state index contributed by atoms with van der Waals surface area (Å²) >= 11 is 0. The van der Waals surface area contributed by atoms with Crippen LogP contribution in [-0.2, 0) is 7.05 Å². The number of carboxylic acids is 1. The van der Waals surface area contributed by atoms with Crippen molar-refractivity contribution >= 4 is 11.7 Å². The molecule has 0 bridgehead atoms. The van der Waals surface area contributed by atoms with Gasteiger partial charge in [0.2, 0.25) is 0 Å². The first kappa shape index (κ1) is 13.0. The molecule has 1 atom stereocenters. The van der Waals surface area contributed by atoms with Crippen LogP contribution < -0.4 is 5.32 Å². The standard InChI is InChI=1S/C12H13FN4O2/c1-7(11-16-14-6-17(11)2)15-10-4-3-8(12(18)19)5-9(10)13/h3-7,15H,1-2H3,(H,18,19). The molecule has 0 aliphatic carbocycles. The highest BCUT2D eigenvalue weighted by Gasteiger charge is 2.14. The van der Waals surface area contributed by atoms with Gasteiger partial charge in [0, 0.05) is 7.05 Å². The highest BCUT2D eigenvalue weighted by molar-refractivity contribution is 5.88. The van der Waals surface area contributed by atoms with E-state index in [0.29, 0.717) is 5.82 Å². The number of nitrogens with one attached hydrogen (secondary N) is 1. The summed E-state index contributed by atoms with van der Waals surface area (Å²) in [5.41, 5.74) is 0.134. The molecular formula is C12H13FN4O2. The molecule has 0 fully saturated rings. The van der Waals surface area contributed by atoms with Crippen molar-refractivity contribution < 1.29 is 14.3 Å². The van der Waals surface area contributed by atoms with Crippen molar-refractivity contribution in [1.82, 2.24) is 14.8 Å². The zero-order valence-electron chi connectivity index (χ0n) is 10.5. The van der Waals surface area contributed by atoms with Gasteiger partial charge in [-0.3, -0.25) is 0 Å². The normalized spacial score (nSPS) is 12.2. The summed E-state index contributed by atoms with van der Waals surface area (Å²) in [6, 6.07) is 3.47. The molecule has 2 N–H and O–H groups in total. The quantitative estimate of drug-likeness (QED) is 0.880. The summed E-state index contributed by atoms with van der Waals surface area (Å²) < 4.78 is 15.5. The number of hydrogen-bond acceptors (Lipinski definition) is 4. The van der Waals surface area contributed by atoms with Crippen molar-refractivity contribution in [2.45, 2.75) is 13.0 Å². The first-order valence-corrected chi connectivity index (χ1v) is 5.62. The minimum atomic E-state index is -1.16. The fourth-order valence-corrected chi connectivity index (χ4v) is 1.75. The molecule has 1 aromatic heterocycles. The topological polar surface area (TPSA) is 80.0 Å². The minimum absolute atomic E-state index is 0.0886. The van der Waals surface area contributed by atoms with Gasteiger partial charge in [0.25, 0.3) is 0 Å². The van der Waals surface area contributed by atoms with Crippen LogP contribution in [0.15, 0.2) is 24.5 Å². The molecule has 1 heterocycles. The van der Waals surface area contributed by atoms with E-state index in [1.807, 2.05) is 6.92 Å². The molecule has 0 aliphatic rings. The number of carbonyl (C=O) groups is 1. The van der Waals surface area contributed by atoms with Gasteiger partial charge in [0.05, 0.1) is 17.3 Å². The number of aromatic carboxylic acids is 1. The number of aryl methyl sites for hydroxylation is 1. The molecule has 1 aromatic carbocycles. The van der Waals surface area contributed by atoms with Crippen molar-refractivity contribution in [2.24, 2.45) is 7.05 Å². The molecule has 0 saturated carbocycles. The van der Waals surface area contributed by atoms with E-state index in [1.54, 1.807) is 17.9 Å². The maximum Gasteiger partial charge on any atom is 0.335 e. The average molecular weight is 264 g/mol. The van der Waals surface area contributed by atoms with Gasteiger partial charge in [-0.25, -0.2) is 9.18 Å². The summed E-state index contributed by atoms with van der Waals surface area (Å²) in [5.74, 6) is -1.12. The highest BCUT2D eigenvalue weighted by atomic mass is 19.1. The fraction of sp³-hybridized carbons (Fsp3) is 0.250. The molecule has 2 aromatic rings. The predicted molar refractivity (Wildman–Crippen MR) is 66.4 cm³/mol. The summed E-state index contributed by atoms with van der Waals surface area (Å²) in [7, 11) is 1.79. The van der Waals surface area contributed by atoms with Gasteiger partial charge < -0.3 is 15.0 Å². The van der Waals surface area contributed by atoms with E-state index in [-0.39, 0.29) is 17.3 Å². The molecule has 6 nitrogen and oxygen atoms in total. The lowest BCUT2D eigenvalue weighted by Gasteiger charge is -2.15. The zero-order valence-corrected chi connectivity index (χ0v) is 10.5. The van der Waals surface area contributed by atoms with E-state index < -0.39 is 11.8 Å². The Morgan fingerprint density at radius 3 is 2.79 bits per heavy atom. The number of nitrogens with zero attached hydrogens (tertiary/aromatic N) is 3. The van der Waals surface area contributed by atoms with Crippen LogP contribution >= 0.6 is 0 Å². The van der Waals surface area contributed by atoms with Gasteiger partial charge in [-0.2, -0.15) is 0 Å². The van der Waals surface area contributed by atoms with Crippen molar-refractivity contribution in [3.63, 3.8) is 0 Å². The second-order valence-corrected chi connectivity index (χ2v) is 4.17. The first-order chi connectivity index (χ1) is 8.99. The zero-order chi connectivity index (χ0) is 14.0. The number of benzene rings is 1. The van der Waals surface area contributed by atoms with Crippen LogP contribution in [0.2, 0.25) is 0 Å². The molecule has 100 valence electrons. The van der Waals surface area contributed by atoms with E-state index >= 15 is 0 Å². The van der Waals surface area contributed by atoms with Crippen molar-refractivity contribution in [1.29, 1.82) is 0 Å². The number of anilines is 1. The molecule has 1 unspecified atom stereocenters. The van der Waals surface area contributed by atoms with Crippen LogP contribution in [0.5, 0.6) is 0 Å². The number of hydrogen-bond donors (Lipinski definition) is 2. The Kier molecular flexibility index (Phi) is 3.46. The van der Waals surface area contributed by atoms with E-state index in [9.17, 15) is 9.18 Å². The summed E-state index contributed by atoms with van der Waals surface area (Å²) in [6.45, 7) is 1.81. The SMILES string of the molecule is CC(Nc1ccc(C(=O)O)cc1F)c1nncn1C. The lowest BCUT2D eigenvalue weighted by atomic mass is 10.2. The fourth-order valence-electron chi connectivity index (χ4n) is 1.75. The summed E-state index contributed by atoms with van der Waals surface area (Å²) in [6.07, 6.45) is 1.55. The molecule has 0 aliphatic heterocycles. The molecule has 19 heavy (non-hydrogen) atoms. The van der Waals surface area contributed by atoms with Gasteiger partial charge in [0.1, 0.15) is 12.1 Å². The Morgan fingerprint density at radius 1 is 1.53 bits per heavy atom. The summed E-state index contributed by atoms with van der Waals surface area (Å²) in [5, 5.41) is 19.4. The van der Waals surface area contributed by atoms with Crippen molar-refractivity contribution in [2.75, 3.05) is 5.32 Å². The number of rotatable bonds is 4. The Balaban J connectivity index is 2.20. The van der Waals surface area contributed by atoms with Gasteiger partial charge in [-0.1, -0.05) is 0 Å². The van der Waals surface area contributed by atoms with Gasteiger partial charge in [-0.15, -0.1) is 10.2 Å². The molecule has 2 rings (SSSR count). The van der Waals surface area contributed by atoms with Crippen LogP contribution in [0.4, 0.5) is 10.1 Å². The van der Waals surface area contributed by atoms with E-state index in [2.05, 4.69) is 15.5 Å². The van der Waals surface area contributed by atoms with Crippen molar-refractivity contribution in [3.8, 4) is 0 Å². The van der Waals surface area contributed by atoms with Crippen molar-refractivity contribution in [3.05, 3.63) is 41.7 Å². The molecule has 0 spiro atoms. The van der Waals surface area contributed by atoms with E-state index in [1.165, 1.54) is 12.1 Å². The van der Waals surface area contributed by atoms with Gasteiger partial charge in [0.15, 0.2) is 5.82 Å². The third-order valence-corrected chi connectivity index (χ3v) is 2.72. The molecule has 0 amide bonds. The predicted octanol–water partition coefficient (Wildman–Crippen LogP) is 1.83. The maximum absolute atomic E-state index is 13.7. The maximum atomic E-state index is 13.7. The summed E-state index contributed by atoms with van der Waals surface area (Å²) in [4.78, 5) is 10.7. The number of aromatic nitrogens is 3. The molecule has 7 heteroatoms. The smallest absolute Gasteiger partial charge is 0.335 e. The van der Waals surface area contributed by atoms with Crippen LogP contribution in [0.1, 0.15) is 29.1 Å². The Bertz CT molecular complexity index is 612. The van der Waals surface area contributed by atoms with Gasteiger partial charge >= 0.3 is 5.97 Å². The first-order valence-electron chi connectivity index (χ1n) is 5.62. The van der Waals surface area contributed by atoms with Gasteiger partial charge in [-0.05, 0) is 25.1 Å². The monoisotopic (exact) mass is 264 g/mol. The Labute approximate surface area is 108 Å². The molecular weight excluding hydrogens is 251 g/mol. The molecule has 0 saturated heterocycles. The largest absolute Gasteiger partial charge is 0.478 e. The van der Waals surface area contributed by atoms with Crippen LogP contribution in [-0.4, -0.2) is 25.8 Å². The lowest BCUT2D eigenvalue weighted by molar-refractivity contribution is 0.0696. The van der Waals surface area contributed by atoms with E-state index in [4.69, 9.17) is 5.11 Å². The number of halogens is 1. The third kappa shape index (κ3) is 2.70. The highest BCUT2D eigenvalue weighted by Crippen LogP contribution is 2.21. The Hall–Kier alpha value is -2.44. The Morgan fingerprint density at radius 2 is 2.26 bits per heavy atom. The second kappa shape index (κ2) is 5.05. The lowest BCUT2D eigenvalue weighted by Crippen LogP contribution is -2.13. The van der Waals surface area contributed by atoms with Crippen LogP contribution in [0, 0.1) is 5.82 Å². The van der Waals surface area contributed by atoms with Crippen LogP contribution in [0.25, 0.3) is 0 Å². The molecule has 0 radical (unpaired) electrons.